The Morgan fingerprint density at radius 2 is 1.82 bits per heavy atom. The number of anilines is 2. The average Bonchev–Trinajstić information content (AvgIpc) is 2.87. The molecule has 0 spiro atoms. The fourth-order valence-corrected chi connectivity index (χ4v) is 4.36. The molecule has 11 heteroatoms. The van der Waals surface area contributed by atoms with Crippen LogP contribution in [0.15, 0.2) is 61.1 Å². The summed E-state index contributed by atoms with van der Waals surface area (Å²) in [6.07, 6.45) is 6.97. The maximum atomic E-state index is 13.4. The van der Waals surface area contributed by atoms with Crippen molar-refractivity contribution in [2.24, 2.45) is 0 Å². The van der Waals surface area contributed by atoms with Gasteiger partial charge in [-0.3, -0.25) is 14.6 Å². The van der Waals surface area contributed by atoms with Gasteiger partial charge in [-0.15, -0.1) is 0 Å². The van der Waals surface area contributed by atoms with Crippen molar-refractivity contribution in [1.29, 1.82) is 0 Å². The number of hydrogen-bond acceptors (Lipinski definition) is 6. The van der Waals surface area contributed by atoms with Crippen LogP contribution < -0.4 is 54.7 Å². The Morgan fingerprint density at radius 3 is 2.45 bits per heavy atom. The number of amides is 2. The average molecular weight is 569 g/mol. The van der Waals surface area contributed by atoms with Crippen LogP contribution in [0.3, 0.4) is 0 Å². The van der Waals surface area contributed by atoms with Gasteiger partial charge < -0.3 is 29.9 Å². The van der Waals surface area contributed by atoms with Crippen molar-refractivity contribution in [3.8, 4) is 11.4 Å². The number of benzene rings is 2. The molecule has 40 heavy (non-hydrogen) atoms. The molecular formula is C29H33N6NaO3S. The molecule has 0 bridgehead atoms. The molecule has 9 nitrogen and oxygen atoms in total. The summed E-state index contributed by atoms with van der Waals surface area (Å²) in [5.41, 5.74) is 5.58. The second-order valence-electron chi connectivity index (χ2n) is 10.1. The fraction of sp³-hybridized carbons (Fsp3) is 0.276. The van der Waals surface area contributed by atoms with E-state index in [1.54, 1.807) is 42.5 Å². The van der Waals surface area contributed by atoms with Gasteiger partial charge in [-0.2, -0.15) is 0 Å². The van der Waals surface area contributed by atoms with Gasteiger partial charge in [-0.05, 0) is 71.3 Å². The number of aryl methyl sites for hydroxylation is 1. The summed E-state index contributed by atoms with van der Waals surface area (Å²) in [4.78, 5) is 29.9. The van der Waals surface area contributed by atoms with Crippen LogP contribution in [-0.2, 0) is 12.0 Å². The van der Waals surface area contributed by atoms with Gasteiger partial charge in [0.05, 0.1) is 18.5 Å². The zero-order valence-electron chi connectivity index (χ0n) is 24.0. The predicted molar refractivity (Wildman–Crippen MR) is 156 cm³/mol. The summed E-state index contributed by atoms with van der Waals surface area (Å²) >= 11 is 1.45. The Hall–Kier alpha value is -3.18. The van der Waals surface area contributed by atoms with Crippen LogP contribution in [0.5, 0.6) is 5.75 Å². The van der Waals surface area contributed by atoms with Crippen LogP contribution in [0, 0.1) is 6.92 Å². The third kappa shape index (κ3) is 7.31. The van der Waals surface area contributed by atoms with Gasteiger partial charge in [-0.1, -0.05) is 44.9 Å². The van der Waals surface area contributed by atoms with Crippen LogP contribution in [0.4, 0.5) is 11.4 Å². The van der Waals surface area contributed by atoms with Crippen LogP contribution in [0.2, 0.25) is 0 Å². The number of methoxy groups -OCH3 is 1. The van der Waals surface area contributed by atoms with Gasteiger partial charge >= 0.3 is 29.6 Å². The van der Waals surface area contributed by atoms with E-state index >= 15 is 0 Å². The van der Waals surface area contributed by atoms with Crippen molar-refractivity contribution in [1.82, 2.24) is 20.1 Å². The van der Waals surface area contributed by atoms with Crippen LogP contribution in [0.25, 0.3) is 5.69 Å². The Morgan fingerprint density at radius 1 is 1.10 bits per heavy atom. The first-order valence-corrected chi connectivity index (χ1v) is 13.7. The minimum absolute atomic E-state index is 0. The molecule has 4 rings (SSSR count). The largest absolute Gasteiger partial charge is 1.00 e. The molecule has 0 atom stereocenters. The van der Waals surface area contributed by atoms with Crippen molar-refractivity contribution < 1.29 is 43.9 Å². The molecule has 0 saturated carbocycles. The first-order chi connectivity index (χ1) is 18.6. The first-order valence-electron chi connectivity index (χ1n) is 12.4. The monoisotopic (exact) mass is 568 g/mol. The molecule has 3 N–H and O–H groups in total. The number of ether oxygens (including phenoxy) is 1. The minimum atomic E-state index is -0.283. The van der Waals surface area contributed by atoms with Crippen molar-refractivity contribution in [3.05, 3.63) is 89.0 Å². The zero-order valence-corrected chi connectivity index (χ0v) is 26.8. The molecule has 2 amide bonds. The molecule has 0 aliphatic carbocycles. The third-order valence-corrected chi connectivity index (χ3v) is 6.63. The smallest absolute Gasteiger partial charge is 0.585 e. The van der Waals surface area contributed by atoms with Crippen LogP contribution in [-0.4, -0.2) is 34.8 Å². The summed E-state index contributed by atoms with van der Waals surface area (Å²) < 4.78 is 10.5. The number of nitrogens with one attached hydrogen (secondary N) is 3. The molecule has 2 aromatic carbocycles. The van der Waals surface area contributed by atoms with Gasteiger partial charge in [0.25, 0.3) is 5.91 Å². The maximum absolute atomic E-state index is 13.4. The van der Waals surface area contributed by atoms with Gasteiger partial charge in [-0.25, -0.2) is 0 Å². The molecule has 0 unspecified atom stereocenters. The SMILES string of the molecule is COc1c(NSC)cc(C(C)(C)C)cc1NC(=O)c1ccc(C)c(-n2cc(C(=O)NCc3cccnc3)[n-]2)c1.[Na+]. The summed E-state index contributed by atoms with van der Waals surface area (Å²) in [6, 6.07) is 13.1. The Labute approximate surface area is 261 Å². The standard InChI is InChI=1S/C29H33N6O3S.Na/c1-18-9-10-20(12-25(18)35-17-24(33-35)28(37)31-16-19-8-7-11-30-15-19)27(36)32-22-13-21(29(2,3)4)14-23(34-39-6)26(22)38-5;/h7-15,17,34H,16H2,1-6H3,(H,31,37)(H,32,36);/q-1;+1. The predicted octanol–water partition coefficient (Wildman–Crippen LogP) is 2.32. The van der Waals surface area contributed by atoms with E-state index in [2.05, 4.69) is 46.2 Å². The molecule has 0 aliphatic rings. The fourth-order valence-electron chi connectivity index (χ4n) is 3.99. The zero-order chi connectivity index (χ0) is 28.2. The van der Waals surface area contributed by atoms with Gasteiger partial charge in [0.1, 0.15) is 0 Å². The van der Waals surface area contributed by atoms with Crippen molar-refractivity contribution in [2.75, 3.05) is 23.4 Å². The Balaban J connectivity index is 0.00000441. The van der Waals surface area contributed by atoms with Gasteiger partial charge in [0, 0.05) is 36.4 Å². The first kappa shape index (κ1) is 31.3. The molecule has 0 aliphatic heterocycles. The number of rotatable bonds is 9. The summed E-state index contributed by atoms with van der Waals surface area (Å²) in [7, 11) is 1.58. The number of aromatic nitrogens is 3. The normalized spacial score (nSPS) is 10.9. The molecule has 2 heterocycles. The van der Waals surface area contributed by atoms with E-state index in [-0.39, 0.29) is 46.8 Å². The topological polar surface area (TPSA) is 111 Å². The number of hydrogen-bond donors (Lipinski definition) is 3. The van der Waals surface area contributed by atoms with E-state index in [4.69, 9.17) is 4.74 Å². The van der Waals surface area contributed by atoms with E-state index in [1.165, 1.54) is 11.9 Å². The molecular weight excluding hydrogens is 535 g/mol. The number of nitrogens with zero attached hydrogens (tertiary/aromatic N) is 3. The van der Waals surface area contributed by atoms with E-state index in [9.17, 15) is 9.59 Å². The number of carbonyl (C=O) groups is 2. The quantitative estimate of drug-likeness (QED) is 0.210. The molecule has 204 valence electrons. The summed E-state index contributed by atoms with van der Waals surface area (Å²) in [5.74, 6) is -0.00237. The van der Waals surface area contributed by atoms with Crippen molar-refractivity contribution in [2.45, 2.75) is 39.7 Å². The second kappa shape index (κ2) is 13.5. The van der Waals surface area contributed by atoms with Crippen LogP contribution in [0.1, 0.15) is 58.3 Å². The van der Waals surface area contributed by atoms with Crippen molar-refractivity contribution >= 4 is 35.1 Å². The third-order valence-electron chi connectivity index (χ3n) is 6.21. The molecule has 0 saturated heterocycles. The maximum Gasteiger partial charge on any atom is 1.00 e. The molecule has 2 aromatic heterocycles. The van der Waals surface area contributed by atoms with E-state index in [0.717, 1.165) is 22.4 Å². The van der Waals surface area contributed by atoms with Crippen molar-refractivity contribution in [3.63, 3.8) is 0 Å². The van der Waals surface area contributed by atoms with Gasteiger partial charge in [0.2, 0.25) is 5.91 Å². The van der Waals surface area contributed by atoms with E-state index in [1.807, 2.05) is 43.5 Å². The summed E-state index contributed by atoms with van der Waals surface area (Å²) in [5, 5.41) is 10.2. The van der Waals surface area contributed by atoms with Crippen LogP contribution >= 0.6 is 11.9 Å². The van der Waals surface area contributed by atoms with Gasteiger partial charge in [0.15, 0.2) is 5.75 Å². The number of pyridine rings is 1. The Kier molecular flexibility index (Phi) is 10.5. The molecule has 0 fully saturated rings. The second-order valence-corrected chi connectivity index (χ2v) is 10.7. The molecule has 4 aromatic rings. The Bertz CT molecular complexity index is 1460. The van der Waals surface area contributed by atoms with E-state index in [0.29, 0.717) is 34.9 Å². The van der Waals surface area contributed by atoms with E-state index < -0.39 is 0 Å². The molecule has 0 radical (unpaired) electrons. The number of carbonyl (C=O) groups excluding carboxylic acids is 2. The minimum Gasteiger partial charge on any atom is -0.585 e. The summed E-state index contributed by atoms with van der Waals surface area (Å²) in [6.45, 7) is 8.65.